The van der Waals surface area contributed by atoms with E-state index < -0.39 is 0 Å². The highest BCUT2D eigenvalue weighted by Gasteiger charge is 2.16. The van der Waals surface area contributed by atoms with Crippen LogP contribution in [0.3, 0.4) is 0 Å². The number of allylic oxidation sites excluding steroid dienone is 1. The van der Waals surface area contributed by atoms with Gasteiger partial charge in [-0.05, 0) is 19.3 Å². The number of carbonyl (C=O) groups is 1. The number of hydrogen-bond donors (Lipinski definition) is 1. The van der Waals surface area contributed by atoms with Gasteiger partial charge >= 0.3 is 0 Å². The number of rotatable bonds is 12. The molecule has 1 amide bonds. The summed E-state index contributed by atoms with van der Waals surface area (Å²) >= 11 is 0. The quantitative estimate of drug-likeness (QED) is 0.339. The Labute approximate surface area is 124 Å². The minimum atomic E-state index is 0.190. The van der Waals surface area contributed by atoms with Crippen molar-refractivity contribution in [2.45, 2.75) is 38.5 Å². The second-order valence-corrected chi connectivity index (χ2v) is 6.16. The predicted molar refractivity (Wildman–Crippen MR) is 84.5 cm³/mol. The van der Waals surface area contributed by atoms with E-state index in [1.54, 1.807) is 0 Å². The number of quaternary nitrogens is 1. The Hall–Kier alpha value is -0.870. The standard InChI is InChI=1S/C16H33N2O2/c1-5-6-7-8-9-10-11-16(20)17(2)12-13-18(3,4)14-15-19/h5,19H,1,6-15H2,2-4H3/q+1. The van der Waals surface area contributed by atoms with Crippen LogP contribution in [0.1, 0.15) is 38.5 Å². The van der Waals surface area contributed by atoms with Gasteiger partial charge in [-0.15, -0.1) is 6.58 Å². The van der Waals surface area contributed by atoms with Crippen LogP contribution in [0.4, 0.5) is 0 Å². The minimum absolute atomic E-state index is 0.190. The third-order valence-electron chi connectivity index (χ3n) is 3.72. The van der Waals surface area contributed by atoms with Crippen molar-refractivity contribution in [1.82, 2.24) is 4.90 Å². The van der Waals surface area contributed by atoms with Crippen molar-refractivity contribution in [1.29, 1.82) is 0 Å². The molecule has 0 bridgehead atoms. The van der Waals surface area contributed by atoms with Crippen molar-refractivity contribution in [3.8, 4) is 0 Å². The van der Waals surface area contributed by atoms with Crippen LogP contribution in [0, 0.1) is 0 Å². The monoisotopic (exact) mass is 285 g/mol. The van der Waals surface area contributed by atoms with E-state index in [1.165, 1.54) is 12.8 Å². The average Bonchev–Trinajstić information content (AvgIpc) is 2.39. The van der Waals surface area contributed by atoms with E-state index in [4.69, 9.17) is 5.11 Å². The molecule has 0 fully saturated rings. The van der Waals surface area contributed by atoms with Crippen molar-refractivity contribution in [3.05, 3.63) is 12.7 Å². The Morgan fingerprint density at radius 2 is 1.85 bits per heavy atom. The van der Waals surface area contributed by atoms with Crippen LogP contribution in [0.5, 0.6) is 0 Å². The summed E-state index contributed by atoms with van der Waals surface area (Å²) < 4.78 is 0.746. The first-order valence-corrected chi connectivity index (χ1v) is 7.70. The number of likely N-dealkylation sites (N-methyl/N-ethyl adjacent to an activating group) is 2. The van der Waals surface area contributed by atoms with Crippen molar-refractivity contribution in [2.24, 2.45) is 0 Å². The normalized spacial score (nSPS) is 11.4. The molecule has 20 heavy (non-hydrogen) atoms. The maximum atomic E-state index is 12.0. The number of hydrogen-bond acceptors (Lipinski definition) is 2. The Bertz CT molecular complexity index is 278. The zero-order chi connectivity index (χ0) is 15.4. The Balaban J connectivity index is 3.73. The molecule has 0 aromatic carbocycles. The van der Waals surface area contributed by atoms with Crippen molar-refractivity contribution >= 4 is 5.91 Å². The van der Waals surface area contributed by atoms with Gasteiger partial charge < -0.3 is 14.5 Å². The molecule has 0 saturated heterocycles. The summed E-state index contributed by atoms with van der Waals surface area (Å²) in [6.45, 7) is 6.25. The van der Waals surface area contributed by atoms with E-state index in [9.17, 15) is 4.79 Å². The first-order chi connectivity index (χ1) is 9.43. The van der Waals surface area contributed by atoms with E-state index in [2.05, 4.69) is 20.7 Å². The summed E-state index contributed by atoms with van der Waals surface area (Å²) in [5.41, 5.74) is 0. The molecule has 0 atom stereocenters. The van der Waals surface area contributed by atoms with Gasteiger partial charge in [0.1, 0.15) is 6.54 Å². The van der Waals surface area contributed by atoms with Crippen molar-refractivity contribution in [2.75, 3.05) is 47.4 Å². The lowest BCUT2D eigenvalue weighted by Gasteiger charge is -2.31. The second kappa shape index (κ2) is 10.9. The van der Waals surface area contributed by atoms with Crippen LogP contribution < -0.4 is 0 Å². The van der Waals surface area contributed by atoms with E-state index in [0.717, 1.165) is 43.4 Å². The molecular weight excluding hydrogens is 252 g/mol. The number of aliphatic hydroxyl groups excluding tert-OH is 1. The summed E-state index contributed by atoms with van der Waals surface area (Å²) in [6, 6.07) is 0. The van der Waals surface area contributed by atoms with Gasteiger partial charge in [-0.3, -0.25) is 4.79 Å². The molecule has 0 unspecified atom stereocenters. The van der Waals surface area contributed by atoms with E-state index in [-0.39, 0.29) is 12.5 Å². The van der Waals surface area contributed by atoms with Gasteiger partial charge in [0.25, 0.3) is 0 Å². The molecule has 0 heterocycles. The van der Waals surface area contributed by atoms with Crippen molar-refractivity contribution in [3.63, 3.8) is 0 Å². The average molecular weight is 285 g/mol. The lowest BCUT2D eigenvalue weighted by molar-refractivity contribution is -0.890. The van der Waals surface area contributed by atoms with Gasteiger partial charge in [-0.2, -0.15) is 0 Å². The maximum absolute atomic E-state index is 12.0. The minimum Gasteiger partial charge on any atom is -0.391 e. The fourth-order valence-corrected chi connectivity index (χ4v) is 2.04. The van der Waals surface area contributed by atoms with Crippen LogP contribution >= 0.6 is 0 Å². The second-order valence-electron chi connectivity index (χ2n) is 6.16. The molecule has 0 aromatic rings. The molecule has 0 spiro atoms. The van der Waals surface area contributed by atoms with Gasteiger partial charge in [0, 0.05) is 13.5 Å². The molecule has 0 aromatic heterocycles. The number of amides is 1. The van der Waals surface area contributed by atoms with Crippen LogP contribution in [-0.2, 0) is 4.79 Å². The number of aliphatic hydroxyl groups is 1. The van der Waals surface area contributed by atoms with Crippen molar-refractivity contribution < 1.29 is 14.4 Å². The Kier molecular flexibility index (Phi) is 10.4. The smallest absolute Gasteiger partial charge is 0.222 e. The highest BCUT2D eigenvalue weighted by atomic mass is 16.3. The number of carbonyl (C=O) groups excluding carboxylic acids is 1. The predicted octanol–water partition coefficient (Wildman–Crippen LogP) is 2.04. The Morgan fingerprint density at radius 3 is 2.45 bits per heavy atom. The zero-order valence-corrected chi connectivity index (χ0v) is 13.6. The molecule has 0 radical (unpaired) electrons. The first kappa shape index (κ1) is 19.1. The molecule has 0 saturated carbocycles. The molecule has 0 aliphatic heterocycles. The van der Waals surface area contributed by atoms with Gasteiger partial charge in [0.2, 0.25) is 5.91 Å². The third kappa shape index (κ3) is 9.98. The largest absolute Gasteiger partial charge is 0.391 e. The number of nitrogens with zero attached hydrogens (tertiary/aromatic N) is 2. The molecule has 118 valence electrons. The fraction of sp³-hybridized carbons (Fsp3) is 0.812. The molecular formula is C16H33N2O2+. The molecule has 0 aliphatic carbocycles. The fourth-order valence-electron chi connectivity index (χ4n) is 2.04. The van der Waals surface area contributed by atoms with Crippen LogP contribution in [0.25, 0.3) is 0 Å². The Morgan fingerprint density at radius 1 is 1.20 bits per heavy atom. The highest BCUT2D eigenvalue weighted by molar-refractivity contribution is 5.75. The lowest BCUT2D eigenvalue weighted by Crippen LogP contribution is -2.47. The van der Waals surface area contributed by atoms with E-state index in [1.807, 2.05) is 18.0 Å². The third-order valence-corrected chi connectivity index (χ3v) is 3.72. The molecule has 0 aliphatic rings. The van der Waals surface area contributed by atoms with Crippen LogP contribution in [0.15, 0.2) is 12.7 Å². The van der Waals surface area contributed by atoms with Crippen LogP contribution in [-0.4, -0.2) is 67.8 Å². The van der Waals surface area contributed by atoms with Gasteiger partial charge in [-0.1, -0.05) is 18.9 Å². The highest BCUT2D eigenvalue weighted by Crippen LogP contribution is 2.07. The summed E-state index contributed by atoms with van der Waals surface area (Å²) in [7, 11) is 6.03. The first-order valence-electron chi connectivity index (χ1n) is 7.70. The lowest BCUT2D eigenvalue weighted by atomic mass is 10.1. The SMILES string of the molecule is C=CCCCCCCC(=O)N(C)CC[N+](C)(C)CCO. The van der Waals surface area contributed by atoms with Gasteiger partial charge in [0.15, 0.2) is 0 Å². The van der Waals surface area contributed by atoms with E-state index in [0.29, 0.717) is 6.42 Å². The summed E-state index contributed by atoms with van der Waals surface area (Å²) in [6.07, 6.45) is 8.15. The summed E-state index contributed by atoms with van der Waals surface area (Å²) in [4.78, 5) is 13.8. The number of unbranched alkanes of at least 4 members (excludes halogenated alkanes) is 4. The van der Waals surface area contributed by atoms with Gasteiger partial charge in [0.05, 0.1) is 33.8 Å². The molecule has 0 rings (SSSR count). The topological polar surface area (TPSA) is 40.5 Å². The van der Waals surface area contributed by atoms with Gasteiger partial charge in [-0.25, -0.2) is 0 Å². The summed E-state index contributed by atoms with van der Waals surface area (Å²) in [5.74, 6) is 0.234. The maximum Gasteiger partial charge on any atom is 0.222 e. The molecule has 4 nitrogen and oxygen atoms in total. The summed E-state index contributed by atoms with van der Waals surface area (Å²) in [5, 5.41) is 8.98. The molecule has 1 N–H and O–H groups in total. The molecule has 4 heteroatoms. The van der Waals surface area contributed by atoms with E-state index >= 15 is 0 Å². The zero-order valence-electron chi connectivity index (χ0n) is 13.6. The van der Waals surface area contributed by atoms with Crippen LogP contribution in [0.2, 0.25) is 0 Å².